The summed E-state index contributed by atoms with van der Waals surface area (Å²) in [6.45, 7) is 0. The lowest BCUT2D eigenvalue weighted by atomic mass is 10.3. The number of aromatic nitrogens is 1. The van der Waals surface area contributed by atoms with Crippen LogP contribution in [0, 0.1) is 0 Å². The van der Waals surface area contributed by atoms with Crippen molar-refractivity contribution in [3.8, 4) is 0 Å². The van der Waals surface area contributed by atoms with Crippen molar-refractivity contribution in [2.45, 2.75) is 0 Å². The Morgan fingerprint density at radius 1 is 1.35 bits per heavy atom. The topological polar surface area (TPSA) is 93.2 Å². The molecule has 0 unspecified atom stereocenters. The maximum atomic E-state index is 11.5. The lowest BCUT2D eigenvalue weighted by Crippen LogP contribution is -2.19. The summed E-state index contributed by atoms with van der Waals surface area (Å²) in [5, 5.41) is 8.85. The highest BCUT2D eigenvalue weighted by molar-refractivity contribution is 6.33. The summed E-state index contributed by atoms with van der Waals surface area (Å²) in [5.74, 6) is 0.254. The molecule has 2 aromatic rings. The number of hydrogen-bond donors (Lipinski definition) is 3. The molecule has 0 atom stereocenters. The molecule has 2 rings (SSSR count). The fourth-order valence-electron chi connectivity index (χ4n) is 1.16. The van der Waals surface area contributed by atoms with Crippen molar-refractivity contribution in [3.05, 3.63) is 35.5 Å². The second-order valence-electron chi connectivity index (χ2n) is 3.19. The third-order valence-corrected chi connectivity index (χ3v) is 2.26. The van der Waals surface area contributed by atoms with E-state index in [-0.39, 0.29) is 5.88 Å². The van der Waals surface area contributed by atoms with Crippen LogP contribution in [-0.4, -0.2) is 11.2 Å². The zero-order valence-electron chi connectivity index (χ0n) is 8.61. The lowest BCUT2D eigenvalue weighted by Gasteiger charge is -2.06. The second kappa shape index (κ2) is 4.75. The summed E-state index contributed by atoms with van der Waals surface area (Å²) in [7, 11) is 0. The van der Waals surface area contributed by atoms with Gasteiger partial charge in [-0.05, 0) is 18.2 Å². The first-order chi connectivity index (χ1) is 8.15. The maximum absolute atomic E-state index is 11.5. The molecule has 0 spiro atoms. The van der Waals surface area contributed by atoms with Crippen LogP contribution in [0.15, 0.2) is 35.0 Å². The maximum Gasteiger partial charge on any atom is 0.326 e. The average molecular weight is 253 g/mol. The number of nitrogen functional groups attached to an aromatic ring is 1. The number of amides is 2. The van der Waals surface area contributed by atoms with Crippen molar-refractivity contribution in [2.24, 2.45) is 0 Å². The van der Waals surface area contributed by atoms with Gasteiger partial charge in [-0.3, -0.25) is 5.32 Å². The number of nitrogens with zero attached hydrogens (tertiary/aromatic N) is 1. The van der Waals surface area contributed by atoms with Crippen LogP contribution < -0.4 is 16.4 Å². The molecule has 0 saturated heterocycles. The molecule has 1 heterocycles. The summed E-state index contributed by atoms with van der Waals surface area (Å²) in [6.07, 6.45) is 1.43. The third-order valence-electron chi connectivity index (χ3n) is 1.93. The number of nitrogens with two attached hydrogens (primary N) is 1. The number of anilines is 3. The van der Waals surface area contributed by atoms with E-state index in [0.717, 1.165) is 0 Å². The van der Waals surface area contributed by atoms with E-state index >= 15 is 0 Å². The zero-order chi connectivity index (χ0) is 12.3. The molecule has 0 aliphatic rings. The van der Waals surface area contributed by atoms with Crippen molar-refractivity contribution in [1.82, 2.24) is 5.16 Å². The van der Waals surface area contributed by atoms with Crippen molar-refractivity contribution in [2.75, 3.05) is 16.4 Å². The van der Waals surface area contributed by atoms with E-state index < -0.39 is 6.03 Å². The van der Waals surface area contributed by atoms with Gasteiger partial charge in [0.2, 0.25) is 5.88 Å². The van der Waals surface area contributed by atoms with Crippen LogP contribution in [0.3, 0.4) is 0 Å². The molecule has 1 aromatic heterocycles. The minimum Gasteiger partial charge on any atom is -0.398 e. The van der Waals surface area contributed by atoms with Crippen LogP contribution in [0.1, 0.15) is 0 Å². The van der Waals surface area contributed by atoms with Crippen molar-refractivity contribution >= 4 is 34.9 Å². The van der Waals surface area contributed by atoms with Gasteiger partial charge in [0, 0.05) is 11.8 Å². The van der Waals surface area contributed by atoms with Gasteiger partial charge >= 0.3 is 6.03 Å². The number of nitrogens with one attached hydrogen (secondary N) is 2. The second-order valence-corrected chi connectivity index (χ2v) is 3.60. The van der Waals surface area contributed by atoms with Crippen LogP contribution in [0.25, 0.3) is 0 Å². The summed E-state index contributed by atoms with van der Waals surface area (Å²) in [6, 6.07) is 5.86. The summed E-state index contributed by atoms with van der Waals surface area (Å²) < 4.78 is 4.72. The van der Waals surface area contributed by atoms with Crippen molar-refractivity contribution in [3.63, 3.8) is 0 Å². The Kier molecular flexibility index (Phi) is 3.15. The van der Waals surface area contributed by atoms with Crippen molar-refractivity contribution < 1.29 is 9.32 Å². The van der Waals surface area contributed by atoms with E-state index in [1.54, 1.807) is 18.2 Å². The van der Waals surface area contributed by atoms with Gasteiger partial charge in [-0.25, -0.2) is 4.79 Å². The van der Waals surface area contributed by atoms with Gasteiger partial charge in [-0.1, -0.05) is 16.8 Å². The lowest BCUT2D eigenvalue weighted by molar-refractivity contribution is 0.261. The molecule has 0 bridgehead atoms. The van der Waals surface area contributed by atoms with E-state index in [4.69, 9.17) is 21.9 Å². The van der Waals surface area contributed by atoms with Crippen LogP contribution in [0.2, 0.25) is 5.02 Å². The molecule has 0 aliphatic heterocycles. The molecule has 88 valence electrons. The van der Waals surface area contributed by atoms with Gasteiger partial charge < -0.3 is 15.6 Å². The Bertz CT molecular complexity index is 527. The number of carbonyl (C=O) groups is 1. The van der Waals surface area contributed by atoms with Gasteiger partial charge in [0.15, 0.2) is 0 Å². The first-order valence-corrected chi connectivity index (χ1v) is 5.06. The fourth-order valence-corrected chi connectivity index (χ4v) is 1.34. The SMILES string of the molecule is Nc1ccc(NC(=O)Nc2ccno2)cc1Cl. The van der Waals surface area contributed by atoms with Crippen LogP contribution >= 0.6 is 11.6 Å². The quantitative estimate of drug-likeness (QED) is 0.716. The highest BCUT2D eigenvalue weighted by atomic mass is 35.5. The van der Waals surface area contributed by atoms with E-state index in [2.05, 4.69) is 15.8 Å². The largest absolute Gasteiger partial charge is 0.398 e. The van der Waals surface area contributed by atoms with Gasteiger partial charge in [0.05, 0.1) is 16.9 Å². The standard InChI is InChI=1S/C10H9ClN4O2/c11-7-5-6(1-2-8(7)12)14-10(16)15-9-3-4-13-17-9/h1-5H,12H2,(H2,14,15,16). The van der Waals surface area contributed by atoms with Gasteiger partial charge in [0.25, 0.3) is 0 Å². The molecule has 0 fully saturated rings. The van der Waals surface area contributed by atoms with Crippen molar-refractivity contribution in [1.29, 1.82) is 0 Å². The molecule has 17 heavy (non-hydrogen) atoms. The summed E-state index contributed by atoms with van der Waals surface area (Å²) >= 11 is 5.81. The highest BCUT2D eigenvalue weighted by Gasteiger charge is 2.05. The minimum absolute atomic E-state index is 0.254. The average Bonchev–Trinajstić information content (AvgIpc) is 2.76. The smallest absolute Gasteiger partial charge is 0.326 e. The summed E-state index contributed by atoms with van der Waals surface area (Å²) in [4.78, 5) is 11.5. The molecule has 0 saturated carbocycles. The molecular formula is C10H9ClN4O2. The van der Waals surface area contributed by atoms with Gasteiger partial charge in [-0.15, -0.1) is 0 Å². The van der Waals surface area contributed by atoms with Gasteiger partial charge in [0.1, 0.15) is 0 Å². The fraction of sp³-hybridized carbons (Fsp3) is 0. The Labute approximate surface area is 102 Å². The molecule has 2 amide bonds. The Morgan fingerprint density at radius 3 is 2.82 bits per heavy atom. The number of urea groups is 1. The first kappa shape index (κ1) is 11.3. The number of halogens is 1. The van der Waals surface area contributed by atoms with E-state index in [1.165, 1.54) is 12.3 Å². The normalized spacial score (nSPS) is 9.94. The third kappa shape index (κ3) is 2.88. The zero-order valence-corrected chi connectivity index (χ0v) is 9.36. The van der Waals surface area contributed by atoms with Crippen LogP contribution in [-0.2, 0) is 0 Å². The predicted molar refractivity (Wildman–Crippen MR) is 65.0 cm³/mol. The van der Waals surface area contributed by atoms with Crippen LogP contribution in [0.5, 0.6) is 0 Å². The molecule has 0 radical (unpaired) electrons. The monoisotopic (exact) mass is 252 g/mol. The predicted octanol–water partition coefficient (Wildman–Crippen LogP) is 2.55. The molecule has 0 aliphatic carbocycles. The Morgan fingerprint density at radius 2 is 2.18 bits per heavy atom. The van der Waals surface area contributed by atoms with E-state index in [9.17, 15) is 4.79 Å². The minimum atomic E-state index is -0.456. The molecule has 1 aromatic carbocycles. The summed E-state index contributed by atoms with van der Waals surface area (Å²) in [5.41, 5.74) is 6.53. The molecule has 4 N–H and O–H groups in total. The van der Waals surface area contributed by atoms with E-state index in [0.29, 0.717) is 16.4 Å². The number of carbonyl (C=O) groups excluding carboxylic acids is 1. The molecular weight excluding hydrogens is 244 g/mol. The number of rotatable bonds is 2. The van der Waals surface area contributed by atoms with E-state index in [1.807, 2.05) is 0 Å². The molecule has 6 nitrogen and oxygen atoms in total. The number of hydrogen-bond acceptors (Lipinski definition) is 4. The van der Waals surface area contributed by atoms with Gasteiger partial charge in [-0.2, -0.15) is 0 Å². The van der Waals surface area contributed by atoms with Crippen LogP contribution in [0.4, 0.5) is 22.1 Å². The highest BCUT2D eigenvalue weighted by Crippen LogP contribution is 2.22. The Hall–Kier alpha value is -2.21. The molecule has 7 heteroatoms. The first-order valence-electron chi connectivity index (χ1n) is 4.69. The number of benzene rings is 1. The Balaban J connectivity index is 2.00.